The van der Waals surface area contributed by atoms with Crippen LogP contribution in [-0.4, -0.2) is 357 Å². The SMILES string of the molecule is C.C.CC(C)O[C@@H]1OC(COCCO)[C@@H](OCC2O[C@@H](O[C@H]3C(COCCO)O[C@@H](OC(C)C)C(OCCO)[C@H]3O)C(O)[C@@H](O)[C@H]2O[C@@H]2OC(CO)[C@H](O[C@@H]3OC(COCCO)[C@@H](C(C)C)[C@H](O)C3OCCO)[C@H](O)C2OCCO)[C@H](O)C1OCCO. The van der Waals surface area contributed by atoms with Crippen LogP contribution in [0.3, 0.4) is 0 Å². The lowest BCUT2D eigenvalue weighted by atomic mass is 9.81. The molecule has 0 aromatic rings. The lowest BCUT2D eigenvalue weighted by Crippen LogP contribution is -2.68. The molecule has 25 atom stereocenters. The zero-order valence-corrected chi connectivity index (χ0v) is 49.2. The number of ether oxygens (including phenoxy) is 18. The summed E-state index contributed by atoms with van der Waals surface area (Å²) in [4.78, 5) is 0. The molecule has 5 aliphatic rings. The van der Waals surface area contributed by atoms with Crippen molar-refractivity contribution < 1.29 is 157 Å². The van der Waals surface area contributed by atoms with Gasteiger partial charge in [0.05, 0.1) is 150 Å². The second-order valence-electron chi connectivity index (χ2n) is 21.8. The van der Waals surface area contributed by atoms with Gasteiger partial charge in [-0.15, -0.1) is 0 Å². The van der Waals surface area contributed by atoms with Crippen LogP contribution in [0.1, 0.15) is 56.4 Å². The van der Waals surface area contributed by atoms with E-state index in [1.807, 2.05) is 13.8 Å². The second kappa shape index (κ2) is 41.4. The minimum atomic E-state index is -2.12. The summed E-state index contributed by atoms with van der Waals surface area (Å²) in [6.45, 7) is 3.29. The van der Waals surface area contributed by atoms with Crippen molar-refractivity contribution in [2.24, 2.45) is 11.8 Å². The van der Waals surface area contributed by atoms with Crippen LogP contribution in [0.4, 0.5) is 0 Å². The van der Waals surface area contributed by atoms with E-state index in [4.69, 9.17) is 85.3 Å². The number of hydrogen-bond acceptors (Lipinski definition) is 32. The Labute approximate surface area is 509 Å². The van der Waals surface area contributed by atoms with Crippen LogP contribution >= 0.6 is 0 Å². The minimum Gasteiger partial charge on any atom is -0.394 e. The lowest BCUT2D eigenvalue weighted by Gasteiger charge is -2.51. The third kappa shape index (κ3) is 22.4. The van der Waals surface area contributed by atoms with Crippen molar-refractivity contribution in [3.8, 4) is 0 Å². The molecule has 5 aliphatic heterocycles. The third-order valence-corrected chi connectivity index (χ3v) is 14.5. The van der Waals surface area contributed by atoms with Crippen molar-refractivity contribution in [2.75, 3.05) is 126 Å². The fourth-order valence-corrected chi connectivity index (χ4v) is 10.8. The summed E-state index contributed by atoms with van der Waals surface area (Å²) in [6, 6.07) is 0. The van der Waals surface area contributed by atoms with E-state index in [2.05, 4.69) is 0 Å². The molecule has 5 heterocycles. The van der Waals surface area contributed by atoms with E-state index in [1.165, 1.54) is 0 Å². The summed E-state index contributed by atoms with van der Waals surface area (Å²) in [5, 5.41) is 151. The van der Waals surface area contributed by atoms with E-state index >= 15 is 0 Å². The molecule has 5 fully saturated rings. The minimum absolute atomic E-state index is 0. The van der Waals surface area contributed by atoms with E-state index in [1.54, 1.807) is 27.7 Å². The third-order valence-electron chi connectivity index (χ3n) is 14.5. The molecule has 87 heavy (non-hydrogen) atoms. The normalized spacial score (nSPS) is 38.4. The van der Waals surface area contributed by atoms with Crippen molar-refractivity contribution in [3.63, 3.8) is 0 Å². The molecule has 0 aliphatic carbocycles. The highest BCUT2D eigenvalue weighted by atomic mass is 16.8. The van der Waals surface area contributed by atoms with Gasteiger partial charge in [-0.1, -0.05) is 28.7 Å². The molecule has 518 valence electrons. The molecule has 0 aromatic carbocycles. The molecular weight excluding hydrogens is 1170 g/mol. The molecule has 32 heteroatoms. The zero-order valence-electron chi connectivity index (χ0n) is 49.2. The molecule has 0 spiro atoms. The van der Waals surface area contributed by atoms with Crippen LogP contribution in [0.5, 0.6) is 0 Å². The molecule has 0 radical (unpaired) electrons. The summed E-state index contributed by atoms with van der Waals surface area (Å²) in [5.74, 6) is -0.862. The maximum Gasteiger partial charge on any atom is 0.187 e. The van der Waals surface area contributed by atoms with Crippen LogP contribution in [0.25, 0.3) is 0 Å². The van der Waals surface area contributed by atoms with Crippen LogP contribution in [0, 0.1) is 11.8 Å². The summed E-state index contributed by atoms with van der Waals surface area (Å²) in [7, 11) is 0. The number of hydrogen-bond donors (Lipinski definition) is 14. The number of rotatable bonds is 39. The van der Waals surface area contributed by atoms with Gasteiger partial charge in [-0.25, -0.2) is 0 Å². The van der Waals surface area contributed by atoms with Crippen LogP contribution < -0.4 is 0 Å². The highest BCUT2D eigenvalue weighted by molar-refractivity contribution is 5.00. The van der Waals surface area contributed by atoms with E-state index < -0.39 is 218 Å². The van der Waals surface area contributed by atoms with Crippen molar-refractivity contribution in [1.29, 1.82) is 0 Å². The molecule has 5 rings (SSSR count). The maximum absolute atomic E-state index is 12.3. The predicted molar refractivity (Wildman–Crippen MR) is 296 cm³/mol. The summed E-state index contributed by atoms with van der Waals surface area (Å²) >= 11 is 0. The summed E-state index contributed by atoms with van der Waals surface area (Å²) < 4.78 is 109. The Morgan fingerprint density at radius 3 is 1.05 bits per heavy atom. The molecule has 32 nitrogen and oxygen atoms in total. The fourth-order valence-electron chi connectivity index (χ4n) is 10.8. The zero-order chi connectivity index (χ0) is 62.3. The Morgan fingerprint density at radius 1 is 0.310 bits per heavy atom. The van der Waals surface area contributed by atoms with Crippen molar-refractivity contribution in [2.45, 2.75) is 216 Å². The molecule has 0 saturated carbocycles. The average Bonchev–Trinajstić information content (AvgIpc) is 1.04. The topological polar surface area (TPSA) is 449 Å². The Balaban J connectivity index is 0.00000990. The first-order valence-corrected chi connectivity index (χ1v) is 29.2. The van der Waals surface area contributed by atoms with Crippen LogP contribution in [-0.2, 0) is 85.3 Å². The van der Waals surface area contributed by atoms with Gasteiger partial charge in [0.25, 0.3) is 0 Å². The van der Waals surface area contributed by atoms with Crippen molar-refractivity contribution in [1.82, 2.24) is 0 Å². The van der Waals surface area contributed by atoms with E-state index in [9.17, 15) is 71.5 Å². The van der Waals surface area contributed by atoms with Gasteiger partial charge < -0.3 is 157 Å². The first-order valence-electron chi connectivity index (χ1n) is 29.2. The van der Waals surface area contributed by atoms with Crippen LogP contribution in [0.15, 0.2) is 0 Å². The monoisotopic (exact) mass is 1280 g/mol. The molecule has 0 amide bonds. The standard InChI is InChI=1S/C53H98O32.2CH4/c1-26(2)34-30(22-68-14-7-54)79-52(45(35(34)62)71-17-10-57)84-42-29(21-61)78-53(48(39(42)66)74-20-13-60)85-43-33(25-75-41-31(23-69-15-8-55)81-50(76-27(3)4)46(38(41)65)72-18-11-58)80-49(37(64)36(43)63)83-44-32(24-70-16-9-56)82-51(77-28(5)6)47(40(44)67)73-19-12-59;;/h26-67H,7-25H2,1-6H3;2*1H4/t29?,30?,31?,32?,33?,34-,35+,36-,37?,38+,39+,40+,41-,42+,43+,44+,45?,46?,47?,48?,49+,50-,51-,52+,53+;;/m1../s1. The maximum atomic E-state index is 12.3. The Morgan fingerprint density at radius 2 is 0.632 bits per heavy atom. The first kappa shape index (κ1) is 80.0. The highest BCUT2D eigenvalue weighted by Gasteiger charge is 2.58. The van der Waals surface area contributed by atoms with E-state index in [-0.39, 0.29) is 93.4 Å². The average molecular weight is 1280 g/mol. The van der Waals surface area contributed by atoms with Crippen LogP contribution in [0.2, 0.25) is 0 Å². The van der Waals surface area contributed by atoms with Crippen molar-refractivity contribution in [3.05, 3.63) is 0 Å². The van der Waals surface area contributed by atoms with Gasteiger partial charge in [-0.2, -0.15) is 0 Å². The van der Waals surface area contributed by atoms with E-state index in [0.29, 0.717) is 0 Å². The van der Waals surface area contributed by atoms with E-state index in [0.717, 1.165) is 0 Å². The Hall–Kier alpha value is -1.28. The quantitative estimate of drug-likeness (QED) is 0.0255. The Bertz CT molecular complexity index is 1740. The van der Waals surface area contributed by atoms with Gasteiger partial charge >= 0.3 is 0 Å². The van der Waals surface area contributed by atoms with Gasteiger partial charge in [-0.3, -0.25) is 0 Å². The smallest absolute Gasteiger partial charge is 0.187 e. The summed E-state index contributed by atoms with van der Waals surface area (Å²) in [6.07, 6.45) is -38.2. The second-order valence-corrected chi connectivity index (χ2v) is 21.8. The predicted octanol–water partition coefficient (Wildman–Crippen LogP) is -5.76. The van der Waals surface area contributed by atoms with Gasteiger partial charge in [0.15, 0.2) is 31.5 Å². The van der Waals surface area contributed by atoms with Gasteiger partial charge in [-0.05, 0) is 33.6 Å². The van der Waals surface area contributed by atoms with Crippen molar-refractivity contribution >= 4 is 0 Å². The molecule has 10 unspecified atom stereocenters. The van der Waals surface area contributed by atoms with Gasteiger partial charge in [0.1, 0.15) is 104 Å². The number of aliphatic hydroxyl groups is 14. The Kier molecular flexibility index (Phi) is 38.1. The largest absolute Gasteiger partial charge is 0.394 e. The number of aliphatic hydroxyl groups excluding tert-OH is 14. The molecular formula is C55H106O32. The first-order chi connectivity index (χ1) is 40.8. The lowest BCUT2D eigenvalue weighted by molar-refractivity contribution is -0.395. The highest BCUT2D eigenvalue weighted by Crippen LogP contribution is 2.39. The molecule has 5 saturated heterocycles. The summed E-state index contributed by atoms with van der Waals surface area (Å²) in [5.41, 5.74) is 0. The fraction of sp³-hybridized carbons (Fsp3) is 1.00. The molecule has 14 N–H and O–H groups in total. The van der Waals surface area contributed by atoms with Gasteiger partial charge in [0.2, 0.25) is 0 Å². The molecule has 0 bridgehead atoms. The molecule has 0 aromatic heterocycles. The van der Waals surface area contributed by atoms with Gasteiger partial charge in [0, 0.05) is 5.92 Å².